The lowest BCUT2D eigenvalue weighted by molar-refractivity contribution is 0.0629. The lowest BCUT2D eigenvalue weighted by atomic mass is 10.0. The summed E-state index contributed by atoms with van der Waals surface area (Å²) in [6.45, 7) is 4.04. The Bertz CT molecular complexity index is 209. The highest BCUT2D eigenvalue weighted by atomic mass is 16.3. The first kappa shape index (κ1) is 20.9. The normalized spacial score (nSPS) is 15.9. The summed E-state index contributed by atoms with van der Waals surface area (Å²) in [5, 5.41) is 19.4. The molecule has 0 fully saturated rings. The summed E-state index contributed by atoms with van der Waals surface area (Å²) in [5.74, 6) is 0. The number of nitrogens with two attached hydrogens (primary N) is 1. The number of hydrogen-bond acceptors (Lipinski definition) is 3. The number of hydrogen-bond donors (Lipinski definition) is 3. The Morgan fingerprint density at radius 2 is 1.19 bits per heavy atom. The van der Waals surface area contributed by atoms with Gasteiger partial charge in [-0.25, -0.2) is 0 Å². The molecule has 0 rings (SSSR count). The molecule has 21 heavy (non-hydrogen) atoms. The van der Waals surface area contributed by atoms with Crippen LogP contribution < -0.4 is 5.73 Å². The Balaban J connectivity index is 3.21. The second-order valence-electron chi connectivity index (χ2n) is 6.64. The zero-order valence-electron chi connectivity index (χ0n) is 14.4. The van der Waals surface area contributed by atoms with Crippen LogP contribution in [0.1, 0.15) is 97.3 Å². The van der Waals surface area contributed by atoms with Gasteiger partial charge in [-0.05, 0) is 13.3 Å². The van der Waals surface area contributed by atoms with Crippen LogP contribution in [0.3, 0.4) is 0 Å². The van der Waals surface area contributed by atoms with Gasteiger partial charge in [-0.2, -0.15) is 0 Å². The highest BCUT2D eigenvalue weighted by Crippen LogP contribution is 2.14. The molecule has 0 saturated carbocycles. The van der Waals surface area contributed by atoms with Crippen molar-refractivity contribution in [3.63, 3.8) is 0 Å². The Morgan fingerprint density at radius 3 is 1.62 bits per heavy atom. The molecule has 0 bridgehead atoms. The third-order valence-corrected chi connectivity index (χ3v) is 4.26. The van der Waals surface area contributed by atoms with Crippen molar-refractivity contribution < 1.29 is 10.2 Å². The van der Waals surface area contributed by atoms with E-state index in [1.807, 2.05) is 0 Å². The molecule has 0 saturated heterocycles. The summed E-state index contributed by atoms with van der Waals surface area (Å²) < 4.78 is 0. The molecule has 0 aromatic carbocycles. The highest BCUT2D eigenvalue weighted by Gasteiger charge is 2.14. The zero-order valence-corrected chi connectivity index (χ0v) is 14.4. The number of unbranched alkanes of at least 4 members (excludes halogenated alkanes) is 10. The molecule has 1 unspecified atom stereocenters. The lowest BCUT2D eigenvalue weighted by Crippen LogP contribution is -2.34. The molecule has 0 aliphatic heterocycles. The Kier molecular flexibility index (Phi) is 14.7. The Morgan fingerprint density at radius 1 is 0.762 bits per heavy atom. The van der Waals surface area contributed by atoms with Gasteiger partial charge in [-0.15, -0.1) is 0 Å². The molecule has 4 N–H and O–H groups in total. The van der Waals surface area contributed by atoms with Crippen molar-refractivity contribution in [3.05, 3.63) is 0 Å². The summed E-state index contributed by atoms with van der Waals surface area (Å²) in [6, 6.07) is -0.253. The Labute approximate surface area is 132 Å². The van der Waals surface area contributed by atoms with Crippen molar-refractivity contribution >= 4 is 0 Å². The van der Waals surface area contributed by atoms with Crippen LogP contribution in [0.15, 0.2) is 0 Å². The molecule has 0 amide bonds. The monoisotopic (exact) mass is 301 g/mol. The number of rotatable bonds is 15. The van der Waals surface area contributed by atoms with Gasteiger partial charge in [0.2, 0.25) is 0 Å². The average molecular weight is 302 g/mol. The molecule has 0 aromatic rings. The van der Waals surface area contributed by atoms with Crippen molar-refractivity contribution in [3.8, 4) is 0 Å². The van der Waals surface area contributed by atoms with Crippen molar-refractivity contribution in [2.24, 2.45) is 5.73 Å². The lowest BCUT2D eigenvalue weighted by Gasteiger charge is -2.18. The fraction of sp³-hybridized carbons (Fsp3) is 1.00. The van der Waals surface area contributed by atoms with Crippen LogP contribution in [0.5, 0.6) is 0 Å². The van der Waals surface area contributed by atoms with Crippen LogP contribution in [0.4, 0.5) is 0 Å². The maximum atomic E-state index is 9.80. The predicted molar refractivity (Wildman–Crippen MR) is 91.4 cm³/mol. The summed E-state index contributed by atoms with van der Waals surface area (Å²) in [5.41, 5.74) is 5.58. The quantitative estimate of drug-likeness (QED) is 0.398. The zero-order chi connectivity index (χ0) is 15.9. The van der Waals surface area contributed by atoms with E-state index >= 15 is 0 Å². The summed E-state index contributed by atoms with van der Waals surface area (Å²) in [7, 11) is 0. The summed E-state index contributed by atoms with van der Waals surface area (Å²) in [6.07, 6.45) is 14.7. The third kappa shape index (κ3) is 14.6. The van der Waals surface area contributed by atoms with Crippen molar-refractivity contribution in [1.82, 2.24) is 0 Å². The van der Waals surface area contributed by atoms with Crippen molar-refractivity contribution in [2.75, 3.05) is 0 Å². The molecular formula is C18H39NO2. The molecule has 0 heterocycles. The van der Waals surface area contributed by atoms with Crippen molar-refractivity contribution in [1.29, 1.82) is 0 Å². The van der Waals surface area contributed by atoms with Crippen LogP contribution >= 0.6 is 0 Å². The average Bonchev–Trinajstić information content (AvgIpc) is 2.44. The van der Waals surface area contributed by atoms with Crippen LogP contribution in [0, 0.1) is 0 Å². The molecule has 0 aromatic heterocycles. The first-order valence-corrected chi connectivity index (χ1v) is 9.19. The SMILES string of the molecule is CCCCCCCCCCCCCC(O)C[C@@H](O)[C@H](C)N. The molecule has 3 heteroatoms. The molecule has 3 nitrogen and oxygen atoms in total. The smallest absolute Gasteiger partial charge is 0.0712 e. The molecule has 3 atom stereocenters. The molecule has 0 spiro atoms. The second-order valence-corrected chi connectivity index (χ2v) is 6.64. The largest absolute Gasteiger partial charge is 0.393 e. The minimum absolute atomic E-state index is 0.253. The summed E-state index contributed by atoms with van der Waals surface area (Å²) in [4.78, 5) is 0. The van der Waals surface area contributed by atoms with Gasteiger partial charge in [-0.1, -0.05) is 77.6 Å². The fourth-order valence-electron chi connectivity index (χ4n) is 2.66. The Hall–Kier alpha value is -0.120. The molecule has 0 aliphatic carbocycles. The van der Waals surface area contributed by atoms with Gasteiger partial charge in [0.25, 0.3) is 0 Å². The molecule has 128 valence electrons. The maximum absolute atomic E-state index is 9.80. The maximum Gasteiger partial charge on any atom is 0.0712 e. The van der Waals surface area contributed by atoms with Crippen LogP contribution in [-0.2, 0) is 0 Å². The topological polar surface area (TPSA) is 66.5 Å². The summed E-state index contributed by atoms with van der Waals surface area (Å²) >= 11 is 0. The van der Waals surface area contributed by atoms with Crippen molar-refractivity contribution in [2.45, 2.75) is 116 Å². The van der Waals surface area contributed by atoms with E-state index in [1.165, 1.54) is 64.2 Å². The van der Waals surface area contributed by atoms with Gasteiger partial charge in [0.05, 0.1) is 12.2 Å². The van der Waals surface area contributed by atoms with E-state index in [2.05, 4.69) is 6.92 Å². The number of aliphatic hydroxyl groups excluding tert-OH is 2. The van der Waals surface area contributed by atoms with E-state index in [0.29, 0.717) is 6.42 Å². The first-order valence-electron chi connectivity index (χ1n) is 9.19. The minimum atomic E-state index is -0.576. The van der Waals surface area contributed by atoms with Gasteiger partial charge in [0.15, 0.2) is 0 Å². The second kappa shape index (κ2) is 14.8. The van der Waals surface area contributed by atoms with E-state index in [4.69, 9.17) is 5.73 Å². The van der Waals surface area contributed by atoms with Crippen LogP contribution in [0.2, 0.25) is 0 Å². The van der Waals surface area contributed by atoms with E-state index in [9.17, 15) is 10.2 Å². The van der Waals surface area contributed by atoms with Gasteiger partial charge in [-0.3, -0.25) is 0 Å². The van der Waals surface area contributed by atoms with Crippen LogP contribution in [0.25, 0.3) is 0 Å². The highest BCUT2D eigenvalue weighted by molar-refractivity contribution is 4.70. The van der Waals surface area contributed by atoms with Crippen LogP contribution in [-0.4, -0.2) is 28.5 Å². The van der Waals surface area contributed by atoms with E-state index in [-0.39, 0.29) is 6.04 Å². The van der Waals surface area contributed by atoms with Gasteiger partial charge in [0.1, 0.15) is 0 Å². The fourth-order valence-corrected chi connectivity index (χ4v) is 2.66. The van der Waals surface area contributed by atoms with E-state index in [0.717, 1.165) is 12.8 Å². The predicted octanol–water partition coefficient (Wildman–Crippen LogP) is 4.15. The van der Waals surface area contributed by atoms with Gasteiger partial charge >= 0.3 is 0 Å². The van der Waals surface area contributed by atoms with Gasteiger partial charge < -0.3 is 15.9 Å². The molecule has 0 radical (unpaired) electrons. The third-order valence-electron chi connectivity index (χ3n) is 4.26. The number of aliphatic hydroxyl groups is 2. The van der Waals surface area contributed by atoms with E-state index in [1.54, 1.807) is 6.92 Å². The minimum Gasteiger partial charge on any atom is -0.393 e. The van der Waals surface area contributed by atoms with E-state index < -0.39 is 12.2 Å². The van der Waals surface area contributed by atoms with Gasteiger partial charge in [0, 0.05) is 12.5 Å². The molecule has 0 aliphatic rings. The first-order chi connectivity index (χ1) is 10.1. The molecular weight excluding hydrogens is 262 g/mol. The standard InChI is InChI=1S/C18H39NO2/c1-3-4-5-6-7-8-9-10-11-12-13-14-17(20)15-18(21)16(2)19/h16-18,20-21H,3-15,19H2,1-2H3/t16-,17?,18+/m0/s1.